The first-order valence-corrected chi connectivity index (χ1v) is 7.31. The fourth-order valence-corrected chi connectivity index (χ4v) is 2.35. The quantitative estimate of drug-likeness (QED) is 0.477. The molecule has 0 bridgehead atoms. The molecule has 1 aromatic heterocycles. The number of hydrogen-bond donors (Lipinski definition) is 0. The predicted octanol–water partition coefficient (Wildman–Crippen LogP) is 4.65. The molecule has 0 saturated heterocycles. The van der Waals surface area contributed by atoms with E-state index < -0.39 is 0 Å². The van der Waals surface area contributed by atoms with E-state index in [2.05, 4.69) is 44.2 Å². The van der Waals surface area contributed by atoms with Crippen LogP contribution in [0.4, 0.5) is 0 Å². The van der Waals surface area contributed by atoms with Crippen LogP contribution in [-0.2, 0) is 4.74 Å². The molecule has 1 heterocycles. The number of pyridine rings is 1. The normalized spacial score (nSPS) is 13.0. The molecule has 2 heteroatoms. The molecule has 1 aromatic rings. The number of hydrogen-bond acceptors (Lipinski definition) is 2. The van der Waals surface area contributed by atoms with E-state index in [1.165, 1.54) is 31.4 Å². The minimum atomic E-state index is 0.570. The molecule has 0 amide bonds. The molecule has 1 atom stereocenters. The van der Waals surface area contributed by atoms with Crippen molar-refractivity contribution in [1.29, 1.82) is 0 Å². The first-order chi connectivity index (χ1) is 9.27. The van der Waals surface area contributed by atoms with E-state index >= 15 is 0 Å². The van der Waals surface area contributed by atoms with E-state index in [1.807, 2.05) is 0 Å². The van der Waals surface area contributed by atoms with Crippen LogP contribution in [0.3, 0.4) is 0 Å². The van der Waals surface area contributed by atoms with Crippen molar-refractivity contribution in [3.05, 3.63) is 41.7 Å². The van der Waals surface area contributed by atoms with Crippen molar-refractivity contribution in [2.24, 2.45) is 0 Å². The lowest BCUT2D eigenvalue weighted by atomic mass is 9.93. The van der Waals surface area contributed by atoms with Crippen LogP contribution < -0.4 is 0 Å². The van der Waals surface area contributed by atoms with Crippen molar-refractivity contribution < 1.29 is 4.74 Å². The Morgan fingerprint density at radius 3 is 2.74 bits per heavy atom. The molecule has 0 radical (unpaired) electrons. The Kier molecular flexibility index (Phi) is 8.15. The third-order valence-corrected chi connectivity index (χ3v) is 3.39. The minimum absolute atomic E-state index is 0.570. The zero-order chi connectivity index (χ0) is 13.9. The zero-order valence-corrected chi connectivity index (χ0v) is 12.6. The number of nitrogens with zero attached hydrogens (tertiary/aromatic N) is 1. The fourth-order valence-electron chi connectivity index (χ4n) is 2.35. The topological polar surface area (TPSA) is 22.1 Å². The molecule has 0 fully saturated rings. The molecule has 2 nitrogen and oxygen atoms in total. The Hall–Kier alpha value is -1.15. The summed E-state index contributed by atoms with van der Waals surface area (Å²) in [6.45, 7) is 4.99. The van der Waals surface area contributed by atoms with Crippen LogP contribution in [0.2, 0.25) is 0 Å². The maximum Gasteiger partial charge on any atom is 0.0462 e. The Balaban J connectivity index is 2.57. The fraction of sp³-hybridized carbons (Fsp3) is 0.588. The lowest BCUT2D eigenvalue weighted by Crippen LogP contribution is -2.04. The lowest BCUT2D eigenvalue weighted by molar-refractivity contribution is 0.189. The van der Waals surface area contributed by atoms with Gasteiger partial charge in [-0.3, -0.25) is 4.98 Å². The second-order valence-electron chi connectivity index (χ2n) is 5.04. The van der Waals surface area contributed by atoms with Crippen molar-refractivity contribution in [3.8, 4) is 0 Å². The highest BCUT2D eigenvalue weighted by Crippen LogP contribution is 2.26. The van der Waals surface area contributed by atoms with Gasteiger partial charge >= 0.3 is 0 Å². The molecule has 1 rings (SSSR count). The van der Waals surface area contributed by atoms with E-state index in [-0.39, 0.29) is 0 Å². The van der Waals surface area contributed by atoms with Crippen LogP contribution in [0.1, 0.15) is 56.3 Å². The van der Waals surface area contributed by atoms with E-state index in [9.17, 15) is 0 Å². The molecule has 0 aliphatic heterocycles. The summed E-state index contributed by atoms with van der Waals surface area (Å²) < 4.78 is 5.16. The van der Waals surface area contributed by atoms with E-state index in [1.54, 1.807) is 7.11 Å². The average Bonchev–Trinajstić information content (AvgIpc) is 2.41. The number of unbranched alkanes of at least 4 members (excludes halogenated alkanes) is 1. The zero-order valence-electron chi connectivity index (χ0n) is 12.6. The first kappa shape index (κ1) is 15.9. The average molecular weight is 261 g/mol. The summed E-state index contributed by atoms with van der Waals surface area (Å²) in [5, 5.41) is 0. The molecule has 0 N–H and O–H groups in total. The second kappa shape index (κ2) is 9.74. The number of aryl methyl sites for hydroxylation is 1. The van der Waals surface area contributed by atoms with Gasteiger partial charge in [-0.25, -0.2) is 0 Å². The monoisotopic (exact) mass is 261 g/mol. The Bertz CT molecular complexity index is 373. The highest BCUT2D eigenvalue weighted by atomic mass is 16.5. The Labute approximate surface area is 117 Å². The molecule has 106 valence electrons. The largest absolute Gasteiger partial charge is 0.385 e. The standard InChI is InChI=1S/C17H27NO/c1-4-5-6-7-11-16(12-9-14-19-3)17-13-8-10-15(2)18-17/h4-5,8,10,13,16H,6-7,9,11-12,14H2,1-3H3/b5-4+. The van der Waals surface area contributed by atoms with Crippen LogP contribution in [0.15, 0.2) is 30.4 Å². The van der Waals surface area contributed by atoms with Crippen molar-refractivity contribution in [2.45, 2.75) is 51.9 Å². The van der Waals surface area contributed by atoms with Gasteiger partial charge in [0, 0.05) is 31.0 Å². The molecule has 0 aliphatic carbocycles. The van der Waals surface area contributed by atoms with Gasteiger partial charge in [0.2, 0.25) is 0 Å². The predicted molar refractivity (Wildman–Crippen MR) is 81.5 cm³/mol. The van der Waals surface area contributed by atoms with Gasteiger partial charge in [-0.2, -0.15) is 0 Å². The Morgan fingerprint density at radius 1 is 1.26 bits per heavy atom. The third-order valence-electron chi connectivity index (χ3n) is 3.39. The number of methoxy groups -OCH3 is 1. The smallest absolute Gasteiger partial charge is 0.0462 e. The maximum atomic E-state index is 5.16. The summed E-state index contributed by atoms with van der Waals surface area (Å²) >= 11 is 0. The molecule has 0 spiro atoms. The molecule has 19 heavy (non-hydrogen) atoms. The van der Waals surface area contributed by atoms with Gasteiger partial charge in [0.05, 0.1) is 0 Å². The van der Waals surface area contributed by atoms with Crippen molar-refractivity contribution in [1.82, 2.24) is 4.98 Å². The van der Waals surface area contributed by atoms with E-state index in [0.29, 0.717) is 5.92 Å². The van der Waals surface area contributed by atoms with Crippen LogP contribution in [-0.4, -0.2) is 18.7 Å². The SMILES string of the molecule is C/C=C/CCCC(CCCOC)c1cccc(C)n1. The second-order valence-corrected chi connectivity index (χ2v) is 5.04. The van der Waals surface area contributed by atoms with Crippen LogP contribution >= 0.6 is 0 Å². The van der Waals surface area contributed by atoms with Crippen LogP contribution in [0, 0.1) is 6.92 Å². The molecule has 0 aromatic carbocycles. The van der Waals surface area contributed by atoms with Gasteiger partial charge in [0.1, 0.15) is 0 Å². The molecule has 0 aliphatic rings. The highest BCUT2D eigenvalue weighted by molar-refractivity contribution is 5.14. The molecular weight excluding hydrogens is 234 g/mol. The highest BCUT2D eigenvalue weighted by Gasteiger charge is 2.12. The third kappa shape index (κ3) is 6.53. The van der Waals surface area contributed by atoms with E-state index in [4.69, 9.17) is 9.72 Å². The minimum Gasteiger partial charge on any atom is -0.385 e. The van der Waals surface area contributed by atoms with Gasteiger partial charge in [-0.1, -0.05) is 18.2 Å². The first-order valence-electron chi connectivity index (χ1n) is 7.31. The lowest BCUT2D eigenvalue weighted by Gasteiger charge is -2.16. The van der Waals surface area contributed by atoms with Gasteiger partial charge in [-0.05, 0) is 58.1 Å². The van der Waals surface area contributed by atoms with Crippen molar-refractivity contribution in [3.63, 3.8) is 0 Å². The summed E-state index contributed by atoms with van der Waals surface area (Å²) in [5.74, 6) is 0.570. The van der Waals surface area contributed by atoms with Crippen LogP contribution in [0.5, 0.6) is 0 Å². The summed E-state index contributed by atoms with van der Waals surface area (Å²) in [5.41, 5.74) is 2.36. The van der Waals surface area contributed by atoms with Gasteiger partial charge in [0.15, 0.2) is 0 Å². The van der Waals surface area contributed by atoms with Crippen molar-refractivity contribution >= 4 is 0 Å². The Morgan fingerprint density at radius 2 is 2.05 bits per heavy atom. The molecule has 0 saturated carbocycles. The maximum absolute atomic E-state index is 5.16. The van der Waals surface area contributed by atoms with Gasteiger partial charge in [0.25, 0.3) is 0 Å². The number of allylic oxidation sites excluding steroid dienone is 2. The summed E-state index contributed by atoms with van der Waals surface area (Å²) in [7, 11) is 1.77. The number of rotatable bonds is 9. The van der Waals surface area contributed by atoms with E-state index in [0.717, 1.165) is 18.7 Å². The summed E-state index contributed by atoms with van der Waals surface area (Å²) in [4.78, 5) is 4.69. The van der Waals surface area contributed by atoms with Gasteiger partial charge < -0.3 is 4.74 Å². The molecular formula is C17H27NO. The van der Waals surface area contributed by atoms with Crippen molar-refractivity contribution in [2.75, 3.05) is 13.7 Å². The molecule has 1 unspecified atom stereocenters. The number of aromatic nitrogens is 1. The summed E-state index contributed by atoms with van der Waals surface area (Å²) in [6.07, 6.45) is 10.3. The van der Waals surface area contributed by atoms with Gasteiger partial charge in [-0.15, -0.1) is 0 Å². The number of ether oxygens (including phenoxy) is 1. The summed E-state index contributed by atoms with van der Waals surface area (Å²) in [6, 6.07) is 6.35. The van der Waals surface area contributed by atoms with Crippen LogP contribution in [0.25, 0.3) is 0 Å².